The summed E-state index contributed by atoms with van der Waals surface area (Å²) in [6.45, 7) is 5.09. The van der Waals surface area contributed by atoms with Crippen LogP contribution in [0, 0.1) is 13.8 Å². The van der Waals surface area contributed by atoms with Gasteiger partial charge in [0.05, 0.1) is 17.4 Å². The normalized spacial score (nSPS) is 14.1. The maximum atomic E-state index is 12.9. The molecular formula is C24H26N4O2. The predicted molar refractivity (Wildman–Crippen MR) is 117 cm³/mol. The zero-order chi connectivity index (χ0) is 21.1. The molecule has 3 aromatic rings. The van der Waals surface area contributed by atoms with Gasteiger partial charge >= 0.3 is 0 Å². The number of aryl methyl sites for hydroxylation is 1. The van der Waals surface area contributed by atoms with Crippen molar-refractivity contribution in [1.82, 2.24) is 14.9 Å². The molecule has 0 bridgehead atoms. The number of anilines is 1. The van der Waals surface area contributed by atoms with E-state index in [1.54, 1.807) is 12.4 Å². The number of hydrogen-bond acceptors (Lipinski definition) is 3. The Morgan fingerprint density at radius 2 is 1.93 bits per heavy atom. The summed E-state index contributed by atoms with van der Waals surface area (Å²) in [6, 6.07) is 13.6. The first-order valence-corrected chi connectivity index (χ1v) is 10.3. The number of rotatable bonds is 5. The quantitative estimate of drug-likeness (QED) is 0.703. The van der Waals surface area contributed by atoms with Crippen LogP contribution in [0.15, 0.2) is 54.9 Å². The summed E-state index contributed by atoms with van der Waals surface area (Å²) in [6.07, 6.45) is 6.11. The predicted octanol–water partition coefficient (Wildman–Crippen LogP) is 3.94. The lowest BCUT2D eigenvalue weighted by atomic mass is 10.1. The van der Waals surface area contributed by atoms with E-state index in [0.29, 0.717) is 18.5 Å². The molecule has 1 saturated heterocycles. The summed E-state index contributed by atoms with van der Waals surface area (Å²) in [7, 11) is 0. The van der Waals surface area contributed by atoms with E-state index in [1.165, 1.54) is 0 Å². The van der Waals surface area contributed by atoms with Crippen molar-refractivity contribution < 1.29 is 9.59 Å². The summed E-state index contributed by atoms with van der Waals surface area (Å²) in [5, 5.41) is 3.02. The molecule has 30 heavy (non-hydrogen) atoms. The zero-order valence-corrected chi connectivity index (χ0v) is 17.4. The Labute approximate surface area is 176 Å². The Morgan fingerprint density at radius 1 is 1.10 bits per heavy atom. The molecule has 1 fully saturated rings. The van der Waals surface area contributed by atoms with Gasteiger partial charge in [-0.3, -0.25) is 14.6 Å². The number of nitrogens with zero attached hydrogens (tertiary/aromatic N) is 3. The molecule has 4 rings (SSSR count). The van der Waals surface area contributed by atoms with E-state index < -0.39 is 0 Å². The molecule has 2 amide bonds. The number of piperidine rings is 1. The van der Waals surface area contributed by atoms with Crippen molar-refractivity contribution in [3.63, 3.8) is 0 Å². The summed E-state index contributed by atoms with van der Waals surface area (Å²) in [5.41, 5.74) is 5.33. The van der Waals surface area contributed by atoms with Gasteiger partial charge in [0.25, 0.3) is 5.91 Å². The van der Waals surface area contributed by atoms with Crippen molar-refractivity contribution in [3.8, 4) is 5.69 Å². The molecule has 154 valence electrons. The number of aromatic nitrogens is 2. The first kappa shape index (κ1) is 19.9. The Hall–Kier alpha value is -3.41. The van der Waals surface area contributed by atoms with E-state index in [4.69, 9.17) is 0 Å². The lowest BCUT2D eigenvalue weighted by Crippen LogP contribution is -2.35. The second-order valence-corrected chi connectivity index (χ2v) is 7.69. The third-order valence-electron chi connectivity index (χ3n) is 5.58. The van der Waals surface area contributed by atoms with Crippen LogP contribution in [-0.2, 0) is 11.3 Å². The van der Waals surface area contributed by atoms with Crippen LogP contribution in [-0.4, -0.2) is 27.9 Å². The fourth-order valence-electron chi connectivity index (χ4n) is 4.07. The lowest BCUT2D eigenvalue weighted by Gasteiger charge is -2.27. The van der Waals surface area contributed by atoms with Crippen LogP contribution < -0.4 is 10.2 Å². The van der Waals surface area contributed by atoms with E-state index >= 15 is 0 Å². The zero-order valence-electron chi connectivity index (χ0n) is 17.4. The Morgan fingerprint density at radius 3 is 2.70 bits per heavy atom. The molecule has 0 saturated carbocycles. The van der Waals surface area contributed by atoms with Gasteiger partial charge in [-0.2, -0.15) is 0 Å². The average Bonchev–Trinajstić information content (AvgIpc) is 3.07. The van der Waals surface area contributed by atoms with Gasteiger partial charge in [0.1, 0.15) is 0 Å². The van der Waals surface area contributed by atoms with Crippen LogP contribution in [0.3, 0.4) is 0 Å². The summed E-state index contributed by atoms with van der Waals surface area (Å²) in [4.78, 5) is 31.1. The van der Waals surface area contributed by atoms with Gasteiger partial charge in [-0.15, -0.1) is 0 Å². The highest BCUT2D eigenvalue weighted by Crippen LogP contribution is 2.23. The standard InChI is InChI=1S/C24H26N4O2/c1-17-13-22(18(2)28(17)21-9-6-11-25-16-21)24(30)26-15-19-7-5-8-20(14-19)27-12-4-3-10-23(27)29/h5-9,11,13-14,16H,3-4,10,12,15H2,1-2H3,(H,26,30). The number of hydrogen-bond donors (Lipinski definition) is 1. The molecule has 1 aromatic carbocycles. The molecule has 0 unspecified atom stereocenters. The van der Waals surface area contributed by atoms with Crippen LogP contribution in [0.4, 0.5) is 5.69 Å². The molecule has 1 aliphatic rings. The monoisotopic (exact) mass is 402 g/mol. The second kappa shape index (κ2) is 8.53. The Balaban J connectivity index is 1.48. The number of amides is 2. The molecule has 6 heteroatoms. The van der Waals surface area contributed by atoms with Crippen molar-refractivity contribution in [2.75, 3.05) is 11.4 Å². The Bertz CT molecular complexity index is 1070. The minimum Gasteiger partial charge on any atom is -0.348 e. The molecule has 3 heterocycles. The van der Waals surface area contributed by atoms with Gasteiger partial charge in [-0.25, -0.2) is 0 Å². The maximum absolute atomic E-state index is 12.9. The molecule has 2 aromatic heterocycles. The molecule has 0 radical (unpaired) electrons. The van der Waals surface area contributed by atoms with Crippen molar-refractivity contribution in [1.29, 1.82) is 0 Å². The molecule has 1 aliphatic heterocycles. The SMILES string of the molecule is Cc1cc(C(=O)NCc2cccc(N3CCCCC3=O)c2)c(C)n1-c1cccnc1. The summed E-state index contributed by atoms with van der Waals surface area (Å²) in [5.74, 6) is 0.0583. The summed E-state index contributed by atoms with van der Waals surface area (Å²) < 4.78 is 2.03. The first-order valence-electron chi connectivity index (χ1n) is 10.3. The topological polar surface area (TPSA) is 67.2 Å². The minimum atomic E-state index is -0.113. The van der Waals surface area contributed by atoms with Crippen molar-refractivity contribution in [3.05, 3.63) is 77.4 Å². The van der Waals surface area contributed by atoms with Gasteiger partial charge < -0.3 is 14.8 Å². The molecule has 0 atom stereocenters. The van der Waals surface area contributed by atoms with Crippen LogP contribution in [0.25, 0.3) is 5.69 Å². The highest BCUT2D eigenvalue weighted by Gasteiger charge is 2.20. The second-order valence-electron chi connectivity index (χ2n) is 7.69. The highest BCUT2D eigenvalue weighted by molar-refractivity contribution is 5.96. The number of carbonyl (C=O) groups excluding carboxylic acids is 2. The molecule has 0 aliphatic carbocycles. The smallest absolute Gasteiger partial charge is 0.253 e. The lowest BCUT2D eigenvalue weighted by molar-refractivity contribution is -0.119. The molecule has 6 nitrogen and oxygen atoms in total. The number of pyridine rings is 1. The fraction of sp³-hybridized carbons (Fsp3) is 0.292. The van der Waals surface area contributed by atoms with Gasteiger partial charge in [0.15, 0.2) is 0 Å². The fourth-order valence-corrected chi connectivity index (χ4v) is 4.07. The van der Waals surface area contributed by atoms with Crippen molar-refractivity contribution in [2.45, 2.75) is 39.7 Å². The number of nitrogens with one attached hydrogen (secondary N) is 1. The van der Waals surface area contributed by atoms with Gasteiger partial charge in [0.2, 0.25) is 5.91 Å². The van der Waals surface area contributed by atoms with Gasteiger partial charge in [-0.05, 0) is 62.6 Å². The third-order valence-corrected chi connectivity index (χ3v) is 5.58. The van der Waals surface area contributed by atoms with Crippen molar-refractivity contribution >= 4 is 17.5 Å². The maximum Gasteiger partial charge on any atom is 0.253 e. The Kier molecular flexibility index (Phi) is 5.65. The number of carbonyl (C=O) groups is 2. The highest BCUT2D eigenvalue weighted by atomic mass is 16.2. The van der Waals surface area contributed by atoms with E-state index in [-0.39, 0.29) is 11.8 Å². The van der Waals surface area contributed by atoms with Crippen LogP contribution in [0.1, 0.15) is 46.6 Å². The molecule has 1 N–H and O–H groups in total. The van der Waals surface area contributed by atoms with Crippen molar-refractivity contribution in [2.24, 2.45) is 0 Å². The van der Waals surface area contributed by atoms with Crippen LogP contribution >= 0.6 is 0 Å². The first-order chi connectivity index (χ1) is 14.5. The molecule has 0 spiro atoms. The van der Waals surface area contributed by atoms with Crippen LogP contribution in [0.5, 0.6) is 0 Å². The summed E-state index contributed by atoms with van der Waals surface area (Å²) >= 11 is 0. The minimum absolute atomic E-state index is 0.113. The van der Waals surface area contributed by atoms with Gasteiger partial charge in [-0.1, -0.05) is 12.1 Å². The third kappa shape index (κ3) is 3.99. The van der Waals surface area contributed by atoms with Gasteiger partial charge in [0, 0.05) is 42.8 Å². The van der Waals surface area contributed by atoms with E-state index in [1.807, 2.05) is 65.8 Å². The average molecular weight is 402 g/mol. The van der Waals surface area contributed by atoms with Crippen LogP contribution in [0.2, 0.25) is 0 Å². The van der Waals surface area contributed by atoms with E-state index in [2.05, 4.69) is 10.3 Å². The largest absolute Gasteiger partial charge is 0.348 e. The molecular weight excluding hydrogens is 376 g/mol. The van der Waals surface area contributed by atoms with E-state index in [0.717, 1.165) is 47.7 Å². The van der Waals surface area contributed by atoms with E-state index in [9.17, 15) is 9.59 Å². The number of benzene rings is 1.